The quantitative estimate of drug-likeness (QED) is 0.757. The van der Waals surface area contributed by atoms with Crippen LogP contribution in [0.3, 0.4) is 0 Å². The summed E-state index contributed by atoms with van der Waals surface area (Å²) < 4.78 is 16.9. The van der Waals surface area contributed by atoms with Crippen molar-refractivity contribution >= 4 is 28.1 Å². The summed E-state index contributed by atoms with van der Waals surface area (Å²) in [6, 6.07) is 0. The Bertz CT molecular complexity index is 486. The molecule has 0 bridgehead atoms. The topological polar surface area (TPSA) is 56.3 Å². The molecule has 0 radical (unpaired) electrons. The molecule has 1 aliphatic carbocycles. The maximum atomic E-state index is 12.2. The summed E-state index contributed by atoms with van der Waals surface area (Å²) in [5, 5.41) is 0.933. The Hall–Kier alpha value is -0.750. The predicted octanol–water partition coefficient (Wildman–Crippen LogP) is 2.35. The largest absolute Gasteiger partial charge is 0.469 e. The molecule has 1 fully saturated rings. The van der Waals surface area contributed by atoms with Crippen molar-refractivity contribution in [3.8, 4) is 0 Å². The Morgan fingerprint density at radius 3 is 2.63 bits per heavy atom. The highest BCUT2D eigenvalue weighted by Gasteiger charge is 2.45. The van der Waals surface area contributed by atoms with Crippen molar-refractivity contribution in [3.63, 3.8) is 0 Å². The first-order chi connectivity index (χ1) is 8.94. The Kier molecular flexibility index (Phi) is 4.40. The van der Waals surface area contributed by atoms with E-state index in [1.807, 2.05) is 13.8 Å². The minimum atomic E-state index is -0.951. The minimum Gasteiger partial charge on any atom is -0.469 e. The van der Waals surface area contributed by atoms with Gasteiger partial charge in [0.25, 0.3) is 0 Å². The first kappa shape index (κ1) is 14.7. The molecule has 1 unspecified atom stereocenters. The van der Waals surface area contributed by atoms with Gasteiger partial charge < -0.3 is 4.74 Å². The Morgan fingerprint density at radius 2 is 2.16 bits per heavy atom. The van der Waals surface area contributed by atoms with Gasteiger partial charge in [0.1, 0.15) is 5.01 Å². The SMILES string of the molecule is COC(=O)CC1(CS(=O)Cc2nc(C)c(C)s2)CC1. The molecule has 0 amide bonds. The molecule has 0 aliphatic heterocycles. The first-order valence-electron chi connectivity index (χ1n) is 6.29. The molecular formula is C13H19NO3S2. The summed E-state index contributed by atoms with van der Waals surface area (Å²) in [7, 11) is 0.448. The second-order valence-electron chi connectivity index (χ2n) is 5.23. The third-order valence-corrected chi connectivity index (χ3v) is 6.31. The smallest absolute Gasteiger partial charge is 0.306 e. The van der Waals surface area contributed by atoms with Crippen LogP contribution < -0.4 is 0 Å². The summed E-state index contributed by atoms with van der Waals surface area (Å²) in [5.74, 6) is 0.887. The summed E-state index contributed by atoms with van der Waals surface area (Å²) in [6.07, 6.45) is 2.35. The minimum absolute atomic E-state index is 0.0701. The highest BCUT2D eigenvalue weighted by molar-refractivity contribution is 7.84. The van der Waals surface area contributed by atoms with Gasteiger partial charge in [0.15, 0.2) is 0 Å². The number of hydrogen-bond donors (Lipinski definition) is 0. The number of hydrogen-bond acceptors (Lipinski definition) is 5. The molecule has 0 N–H and O–H groups in total. The van der Waals surface area contributed by atoms with E-state index in [9.17, 15) is 9.00 Å². The van der Waals surface area contributed by atoms with Gasteiger partial charge >= 0.3 is 5.97 Å². The molecule has 1 saturated carbocycles. The maximum absolute atomic E-state index is 12.2. The van der Waals surface area contributed by atoms with E-state index in [2.05, 4.69) is 4.98 Å². The van der Waals surface area contributed by atoms with Gasteiger partial charge in [-0.15, -0.1) is 11.3 Å². The van der Waals surface area contributed by atoms with Crippen molar-refractivity contribution in [1.82, 2.24) is 4.98 Å². The van der Waals surface area contributed by atoms with Crippen molar-refractivity contribution in [2.24, 2.45) is 5.41 Å². The number of esters is 1. The van der Waals surface area contributed by atoms with Gasteiger partial charge in [-0.25, -0.2) is 4.98 Å². The van der Waals surface area contributed by atoms with E-state index in [1.165, 1.54) is 12.0 Å². The average Bonchev–Trinajstić information content (AvgIpc) is 2.99. The molecule has 1 heterocycles. The zero-order valence-corrected chi connectivity index (χ0v) is 13.2. The highest BCUT2D eigenvalue weighted by atomic mass is 32.2. The van der Waals surface area contributed by atoms with Crippen LogP contribution in [0, 0.1) is 19.3 Å². The lowest BCUT2D eigenvalue weighted by molar-refractivity contribution is -0.141. The second kappa shape index (κ2) is 5.71. The van der Waals surface area contributed by atoms with Crippen LogP contribution in [0.2, 0.25) is 0 Å². The van der Waals surface area contributed by atoms with E-state index in [-0.39, 0.29) is 11.4 Å². The number of rotatable bonds is 6. The first-order valence-corrected chi connectivity index (χ1v) is 8.59. The number of nitrogens with zero attached hydrogens (tertiary/aromatic N) is 1. The average molecular weight is 301 g/mol. The van der Waals surface area contributed by atoms with Crippen LogP contribution in [0.25, 0.3) is 0 Å². The van der Waals surface area contributed by atoms with Gasteiger partial charge in [-0.3, -0.25) is 9.00 Å². The normalized spacial score (nSPS) is 18.1. The highest BCUT2D eigenvalue weighted by Crippen LogP contribution is 2.49. The van der Waals surface area contributed by atoms with Crippen LogP contribution in [0.15, 0.2) is 0 Å². The van der Waals surface area contributed by atoms with Crippen LogP contribution in [0.4, 0.5) is 0 Å². The third-order valence-electron chi connectivity index (χ3n) is 3.53. The van der Waals surface area contributed by atoms with Crippen molar-refractivity contribution in [1.29, 1.82) is 0 Å². The molecule has 2 rings (SSSR count). The van der Waals surface area contributed by atoms with Gasteiger partial charge in [0.2, 0.25) is 0 Å². The predicted molar refractivity (Wildman–Crippen MR) is 76.6 cm³/mol. The van der Waals surface area contributed by atoms with Crippen molar-refractivity contribution in [2.75, 3.05) is 12.9 Å². The third kappa shape index (κ3) is 3.86. The Balaban J connectivity index is 1.89. The van der Waals surface area contributed by atoms with Crippen LogP contribution in [0.5, 0.6) is 0 Å². The van der Waals surface area contributed by atoms with Crippen LogP contribution >= 0.6 is 11.3 Å². The summed E-state index contributed by atoms with van der Waals surface area (Å²) in [6.45, 7) is 4.00. The van der Waals surface area contributed by atoms with Crippen LogP contribution in [0.1, 0.15) is 34.8 Å². The summed E-state index contributed by atoms with van der Waals surface area (Å²) in [5.41, 5.74) is 0.951. The fourth-order valence-electron chi connectivity index (χ4n) is 2.06. The summed E-state index contributed by atoms with van der Waals surface area (Å²) in [4.78, 5) is 16.9. The lowest BCUT2D eigenvalue weighted by Crippen LogP contribution is -2.18. The lowest BCUT2D eigenvalue weighted by atomic mass is 10.1. The molecule has 106 valence electrons. The molecule has 1 aromatic rings. The fraction of sp³-hybridized carbons (Fsp3) is 0.692. The molecule has 0 spiro atoms. The van der Waals surface area contributed by atoms with E-state index >= 15 is 0 Å². The monoisotopic (exact) mass is 301 g/mol. The molecule has 1 aromatic heterocycles. The van der Waals surface area contributed by atoms with Gasteiger partial charge in [-0.2, -0.15) is 0 Å². The molecule has 1 atom stereocenters. The maximum Gasteiger partial charge on any atom is 0.306 e. The van der Waals surface area contributed by atoms with E-state index in [4.69, 9.17) is 4.74 Å². The number of aryl methyl sites for hydroxylation is 2. The number of ether oxygens (including phenoxy) is 1. The molecule has 6 heteroatoms. The zero-order chi connectivity index (χ0) is 14.0. The van der Waals surface area contributed by atoms with Crippen LogP contribution in [-0.4, -0.2) is 28.0 Å². The molecule has 0 saturated heterocycles. The standard InChI is InChI=1S/C13H19NO3S2/c1-9-10(2)18-11(14-9)7-19(16)8-13(4-5-13)6-12(15)17-3/h4-8H2,1-3H3. The Morgan fingerprint density at radius 1 is 1.47 bits per heavy atom. The van der Waals surface area contributed by atoms with Crippen LogP contribution in [-0.2, 0) is 26.1 Å². The number of aromatic nitrogens is 1. The van der Waals surface area contributed by atoms with Crippen molar-refractivity contribution in [3.05, 3.63) is 15.6 Å². The van der Waals surface area contributed by atoms with Gasteiger partial charge in [-0.1, -0.05) is 0 Å². The molecule has 19 heavy (non-hydrogen) atoms. The second-order valence-corrected chi connectivity index (χ2v) is 7.98. The van der Waals surface area contributed by atoms with E-state index in [0.717, 1.165) is 23.5 Å². The molecule has 1 aliphatic rings. The zero-order valence-electron chi connectivity index (χ0n) is 11.5. The lowest BCUT2D eigenvalue weighted by Gasteiger charge is -2.12. The number of methoxy groups -OCH3 is 1. The van der Waals surface area contributed by atoms with E-state index < -0.39 is 10.8 Å². The number of carbonyl (C=O) groups excluding carboxylic acids is 1. The molecular weight excluding hydrogens is 282 g/mol. The van der Waals surface area contributed by atoms with Gasteiger partial charge in [0, 0.05) is 21.4 Å². The van der Waals surface area contributed by atoms with Gasteiger partial charge in [0.05, 0.1) is 25.0 Å². The molecule has 0 aromatic carbocycles. The van der Waals surface area contributed by atoms with E-state index in [0.29, 0.717) is 17.9 Å². The van der Waals surface area contributed by atoms with E-state index in [1.54, 1.807) is 11.3 Å². The van der Waals surface area contributed by atoms with Gasteiger partial charge in [-0.05, 0) is 32.1 Å². The van der Waals surface area contributed by atoms with Crippen molar-refractivity contribution < 1.29 is 13.7 Å². The van der Waals surface area contributed by atoms with Crippen molar-refractivity contribution in [2.45, 2.75) is 38.9 Å². The Labute approximate surface area is 120 Å². The molecule has 4 nitrogen and oxygen atoms in total. The fourth-order valence-corrected chi connectivity index (χ4v) is 4.93. The number of thiazole rings is 1. The number of carbonyl (C=O) groups is 1. The summed E-state index contributed by atoms with van der Waals surface area (Å²) >= 11 is 1.61.